The molecular formula is C14H26N4. The van der Waals surface area contributed by atoms with Crippen LogP contribution in [0.15, 0.2) is 12.4 Å². The monoisotopic (exact) mass is 250 g/mol. The second-order valence-corrected chi connectivity index (χ2v) is 5.32. The van der Waals surface area contributed by atoms with Crippen molar-refractivity contribution < 1.29 is 0 Å². The second kappa shape index (κ2) is 6.34. The lowest BCUT2D eigenvalue weighted by atomic mass is 9.92. The van der Waals surface area contributed by atoms with Gasteiger partial charge in [-0.3, -0.25) is 9.58 Å². The highest BCUT2D eigenvalue weighted by molar-refractivity contribution is 5.14. The fourth-order valence-corrected chi connectivity index (χ4v) is 2.98. The molecule has 2 rings (SSSR count). The Morgan fingerprint density at radius 2 is 2.11 bits per heavy atom. The van der Waals surface area contributed by atoms with Gasteiger partial charge in [-0.2, -0.15) is 5.10 Å². The predicted octanol–water partition coefficient (Wildman–Crippen LogP) is 2.17. The number of piperidine rings is 1. The van der Waals surface area contributed by atoms with Gasteiger partial charge in [0.15, 0.2) is 0 Å². The fraction of sp³-hybridized carbons (Fsp3) is 0.786. The molecule has 4 heteroatoms. The van der Waals surface area contributed by atoms with Crippen LogP contribution in [0, 0.1) is 0 Å². The van der Waals surface area contributed by atoms with Crippen LogP contribution in [0.4, 0.5) is 0 Å². The van der Waals surface area contributed by atoms with Crippen molar-refractivity contribution in [2.75, 3.05) is 13.1 Å². The molecule has 0 amide bonds. The summed E-state index contributed by atoms with van der Waals surface area (Å²) in [5, 5.41) is 4.44. The van der Waals surface area contributed by atoms with Crippen LogP contribution in [0.5, 0.6) is 0 Å². The van der Waals surface area contributed by atoms with Crippen molar-refractivity contribution in [1.82, 2.24) is 14.7 Å². The van der Waals surface area contributed by atoms with Gasteiger partial charge in [0.2, 0.25) is 0 Å². The molecule has 0 bridgehead atoms. The van der Waals surface area contributed by atoms with Gasteiger partial charge in [-0.05, 0) is 38.8 Å². The number of aryl methyl sites for hydroxylation is 1. The molecule has 0 spiro atoms. The minimum absolute atomic E-state index is 0.254. The molecule has 1 aromatic rings. The van der Waals surface area contributed by atoms with Gasteiger partial charge in [-0.25, -0.2) is 0 Å². The minimum atomic E-state index is 0.254. The molecule has 2 N–H and O–H groups in total. The summed E-state index contributed by atoms with van der Waals surface area (Å²) in [6.07, 6.45) is 8.85. The first-order valence-electron chi connectivity index (χ1n) is 7.28. The van der Waals surface area contributed by atoms with E-state index in [2.05, 4.69) is 30.0 Å². The third kappa shape index (κ3) is 2.93. The standard InChI is InChI=1S/C14H26N4/c1-3-7-17-9-5-6-13(15)14(17)12-10-16-18(11-12)8-4-2/h10-11,13-14H,3-9,15H2,1-2H3. The maximum absolute atomic E-state index is 6.34. The predicted molar refractivity (Wildman–Crippen MR) is 74.3 cm³/mol. The lowest BCUT2D eigenvalue weighted by Gasteiger charge is -2.39. The van der Waals surface area contributed by atoms with Crippen molar-refractivity contribution >= 4 is 0 Å². The zero-order valence-corrected chi connectivity index (χ0v) is 11.7. The molecule has 1 aliphatic rings. The zero-order chi connectivity index (χ0) is 13.0. The molecule has 102 valence electrons. The van der Waals surface area contributed by atoms with E-state index in [9.17, 15) is 0 Å². The van der Waals surface area contributed by atoms with E-state index in [0.717, 1.165) is 25.9 Å². The quantitative estimate of drug-likeness (QED) is 0.871. The Balaban J connectivity index is 2.14. The van der Waals surface area contributed by atoms with Crippen LogP contribution in [0.2, 0.25) is 0 Å². The Morgan fingerprint density at radius 1 is 1.33 bits per heavy atom. The van der Waals surface area contributed by atoms with E-state index in [0.29, 0.717) is 6.04 Å². The molecule has 0 aromatic carbocycles. The van der Waals surface area contributed by atoms with E-state index in [4.69, 9.17) is 5.73 Å². The highest BCUT2D eigenvalue weighted by Crippen LogP contribution is 2.29. The van der Waals surface area contributed by atoms with Gasteiger partial charge in [0, 0.05) is 24.3 Å². The van der Waals surface area contributed by atoms with Crippen LogP contribution in [0.3, 0.4) is 0 Å². The highest BCUT2D eigenvalue weighted by Gasteiger charge is 2.30. The van der Waals surface area contributed by atoms with Gasteiger partial charge >= 0.3 is 0 Å². The maximum Gasteiger partial charge on any atom is 0.0538 e. The summed E-state index contributed by atoms with van der Waals surface area (Å²) in [6.45, 7) is 7.72. The topological polar surface area (TPSA) is 47.1 Å². The smallest absolute Gasteiger partial charge is 0.0538 e. The van der Waals surface area contributed by atoms with E-state index in [-0.39, 0.29) is 6.04 Å². The van der Waals surface area contributed by atoms with Crippen molar-refractivity contribution in [2.24, 2.45) is 5.73 Å². The number of hydrogen-bond acceptors (Lipinski definition) is 3. The lowest BCUT2D eigenvalue weighted by Crippen LogP contribution is -2.46. The molecule has 18 heavy (non-hydrogen) atoms. The minimum Gasteiger partial charge on any atom is -0.326 e. The van der Waals surface area contributed by atoms with Gasteiger partial charge in [0.25, 0.3) is 0 Å². The van der Waals surface area contributed by atoms with Crippen LogP contribution < -0.4 is 5.73 Å². The van der Waals surface area contributed by atoms with Crippen molar-refractivity contribution in [3.63, 3.8) is 0 Å². The molecule has 0 aliphatic carbocycles. The molecule has 2 unspecified atom stereocenters. The summed E-state index contributed by atoms with van der Waals surface area (Å²) in [7, 11) is 0. The van der Waals surface area contributed by atoms with E-state index in [1.165, 1.54) is 24.9 Å². The normalized spacial score (nSPS) is 25.5. The number of nitrogens with two attached hydrogens (primary N) is 1. The second-order valence-electron chi connectivity index (χ2n) is 5.32. The Labute approximate surface area is 110 Å². The van der Waals surface area contributed by atoms with Gasteiger partial charge in [0.05, 0.1) is 12.2 Å². The molecule has 2 heterocycles. The van der Waals surface area contributed by atoms with Crippen LogP contribution in [0.1, 0.15) is 51.1 Å². The molecule has 1 aromatic heterocycles. The lowest BCUT2D eigenvalue weighted by molar-refractivity contribution is 0.128. The van der Waals surface area contributed by atoms with Gasteiger partial charge in [-0.1, -0.05) is 13.8 Å². The molecule has 4 nitrogen and oxygen atoms in total. The summed E-state index contributed by atoms with van der Waals surface area (Å²) in [4.78, 5) is 2.53. The Morgan fingerprint density at radius 3 is 2.83 bits per heavy atom. The number of aromatic nitrogens is 2. The summed E-state index contributed by atoms with van der Waals surface area (Å²) in [6, 6.07) is 0.619. The first-order chi connectivity index (χ1) is 8.76. The maximum atomic E-state index is 6.34. The molecule has 1 fully saturated rings. The molecule has 0 saturated carbocycles. The van der Waals surface area contributed by atoms with Gasteiger partial charge in [-0.15, -0.1) is 0 Å². The molecule has 2 atom stereocenters. The number of rotatable bonds is 5. The number of likely N-dealkylation sites (tertiary alicyclic amines) is 1. The van der Waals surface area contributed by atoms with E-state index >= 15 is 0 Å². The van der Waals surface area contributed by atoms with Gasteiger partial charge < -0.3 is 5.73 Å². The van der Waals surface area contributed by atoms with Crippen LogP contribution in [0.25, 0.3) is 0 Å². The van der Waals surface area contributed by atoms with E-state index in [1.807, 2.05) is 10.9 Å². The summed E-state index contributed by atoms with van der Waals surface area (Å²) < 4.78 is 2.04. The number of nitrogens with zero attached hydrogens (tertiary/aromatic N) is 3. The van der Waals surface area contributed by atoms with Crippen molar-refractivity contribution in [3.8, 4) is 0 Å². The molecule has 0 radical (unpaired) electrons. The SMILES string of the molecule is CCCN1CCCC(N)C1c1cnn(CCC)c1. The first-order valence-corrected chi connectivity index (χ1v) is 7.28. The average Bonchev–Trinajstić information content (AvgIpc) is 2.78. The van der Waals surface area contributed by atoms with Gasteiger partial charge in [0.1, 0.15) is 0 Å². The fourth-order valence-electron chi connectivity index (χ4n) is 2.98. The summed E-state index contributed by atoms with van der Waals surface area (Å²) >= 11 is 0. The highest BCUT2D eigenvalue weighted by atomic mass is 15.3. The van der Waals surface area contributed by atoms with E-state index < -0.39 is 0 Å². The van der Waals surface area contributed by atoms with Crippen LogP contribution >= 0.6 is 0 Å². The van der Waals surface area contributed by atoms with Crippen LogP contribution in [-0.2, 0) is 6.54 Å². The first kappa shape index (κ1) is 13.6. The molecule has 1 saturated heterocycles. The van der Waals surface area contributed by atoms with E-state index in [1.54, 1.807) is 0 Å². The Hall–Kier alpha value is -0.870. The Kier molecular flexibility index (Phi) is 4.78. The summed E-state index contributed by atoms with van der Waals surface area (Å²) in [5.74, 6) is 0. The van der Waals surface area contributed by atoms with Crippen LogP contribution in [-0.4, -0.2) is 33.8 Å². The third-order valence-electron chi connectivity index (χ3n) is 3.74. The van der Waals surface area contributed by atoms with Crippen molar-refractivity contribution in [2.45, 2.75) is 58.2 Å². The molecular weight excluding hydrogens is 224 g/mol. The van der Waals surface area contributed by atoms with Crippen molar-refractivity contribution in [1.29, 1.82) is 0 Å². The van der Waals surface area contributed by atoms with Crippen molar-refractivity contribution in [3.05, 3.63) is 18.0 Å². The molecule has 1 aliphatic heterocycles. The zero-order valence-electron chi connectivity index (χ0n) is 11.7. The largest absolute Gasteiger partial charge is 0.326 e. The summed E-state index contributed by atoms with van der Waals surface area (Å²) in [5.41, 5.74) is 7.63. The Bertz CT molecular complexity index is 358. The third-order valence-corrected chi connectivity index (χ3v) is 3.74. The average molecular weight is 250 g/mol. The number of hydrogen-bond donors (Lipinski definition) is 1.